The third kappa shape index (κ3) is 4.22. The number of nitrogens with zero attached hydrogens (tertiary/aromatic N) is 2. The second-order valence-electron chi connectivity index (χ2n) is 4.67. The van der Waals surface area contributed by atoms with Crippen LogP contribution in [0.15, 0.2) is 24.2 Å². The average molecular weight is 279 g/mol. The average Bonchev–Trinajstić information content (AvgIpc) is 2.89. The van der Waals surface area contributed by atoms with Crippen molar-refractivity contribution < 1.29 is 14.3 Å². The van der Waals surface area contributed by atoms with Gasteiger partial charge in [0.25, 0.3) is 0 Å². The molecule has 1 aromatic heterocycles. The molecule has 1 atom stereocenters. The van der Waals surface area contributed by atoms with Crippen molar-refractivity contribution in [3.63, 3.8) is 0 Å². The molecule has 6 nitrogen and oxygen atoms in total. The number of nitrogens with one attached hydrogen (secondary N) is 1. The third-order valence-corrected chi connectivity index (χ3v) is 2.85. The summed E-state index contributed by atoms with van der Waals surface area (Å²) in [4.78, 5) is 32.5. The van der Waals surface area contributed by atoms with Crippen LogP contribution in [-0.4, -0.2) is 46.4 Å². The van der Waals surface area contributed by atoms with Crippen molar-refractivity contribution in [2.75, 3.05) is 13.7 Å². The standard InChI is InChI=1S/C14H21N3O3/c1-5-17(13(18)6-10(2)3)12(14(19)20-4)7-11-8-15-9-16-11/h6,8-9,12H,5,7H2,1-4H3,(H,15,16)/t12-/m0/s1. The molecular formula is C14H21N3O3. The van der Waals surface area contributed by atoms with Crippen LogP contribution in [0.1, 0.15) is 26.5 Å². The van der Waals surface area contributed by atoms with Crippen LogP contribution in [0.5, 0.6) is 0 Å². The second kappa shape index (κ2) is 7.47. The van der Waals surface area contributed by atoms with Gasteiger partial charge in [-0.1, -0.05) is 5.57 Å². The van der Waals surface area contributed by atoms with Gasteiger partial charge in [0.15, 0.2) is 0 Å². The van der Waals surface area contributed by atoms with Crippen LogP contribution in [0, 0.1) is 0 Å². The van der Waals surface area contributed by atoms with Gasteiger partial charge in [-0.3, -0.25) is 4.79 Å². The SMILES string of the molecule is CCN(C(=O)C=C(C)C)[C@@H](Cc1cnc[nH]1)C(=O)OC. The first-order valence-corrected chi connectivity index (χ1v) is 6.50. The summed E-state index contributed by atoms with van der Waals surface area (Å²) in [6, 6.07) is -0.659. The van der Waals surface area contributed by atoms with E-state index >= 15 is 0 Å². The van der Waals surface area contributed by atoms with Crippen LogP contribution in [0.4, 0.5) is 0 Å². The zero-order valence-corrected chi connectivity index (χ0v) is 12.3. The number of H-pyrrole nitrogens is 1. The molecule has 0 unspecified atom stereocenters. The molecule has 0 saturated heterocycles. The van der Waals surface area contributed by atoms with Crippen LogP contribution in [-0.2, 0) is 20.7 Å². The molecule has 0 aliphatic rings. The van der Waals surface area contributed by atoms with Gasteiger partial charge in [-0.25, -0.2) is 9.78 Å². The predicted molar refractivity (Wildman–Crippen MR) is 74.9 cm³/mol. The normalized spacial score (nSPS) is 11.6. The molecule has 1 aromatic rings. The summed E-state index contributed by atoms with van der Waals surface area (Å²) < 4.78 is 4.81. The predicted octanol–water partition coefficient (Wildman–Crippen LogP) is 1.31. The number of aromatic nitrogens is 2. The Kier molecular flexibility index (Phi) is 5.96. The third-order valence-electron chi connectivity index (χ3n) is 2.85. The molecule has 1 rings (SSSR count). The second-order valence-corrected chi connectivity index (χ2v) is 4.67. The Morgan fingerprint density at radius 1 is 1.50 bits per heavy atom. The molecule has 1 heterocycles. The Balaban J connectivity index is 2.97. The molecule has 6 heteroatoms. The fourth-order valence-corrected chi connectivity index (χ4v) is 1.92. The van der Waals surface area contributed by atoms with Crippen molar-refractivity contribution in [2.45, 2.75) is 33.2 Å². The van der Waals surface area contributed by atoms with E-state index in [1.54, 1.807) is 6.20 Å². The van der Waals surface area contributed by atoms with Crippen molar-refractivity contribution in [1.82, 2.24) is 14.9 Å². The number of rotatable bonds is 6. The fraction of sp³-hybridized carbons (Fsp3) is 0.500. The van der Waals surface area contributed by atoms with Gasteiger partial charge in [0.1, 0.15) is 6.04 Å². The maximum atomic E-state index is 12.2. The van der Waals surface area contributed by atoms with Crippen molar-refractivity contribution in [1.29, 1.82) is 0 Å². The van der Waals surface area contributed by atoms with E-state index in [1.807, 2.05) is 20.8 Å². The molecule has 20 heavy (non-hydrogen) atoms. The number of carbonyl (C=O) groups is 2. The summed E-state index contributed by atoms with van der Waals surface area (Å²) in [6.45, 7) is 5.94. The number of allylic oxidation sites excluding steroid dienone is 1. The first-order valence-electron chi connectivity index (χ1n) is 6.50. The molecule has 0 aliphatic heterocycles. The van der Waals surface area contributed by atoms with E-state index in [-0.39, 0.29) is 5.91 Å². The number of ether oxygens (including phenoxy) is 1. The first-order chi connectivity index (χ1) is 9.49. The highest BCUT2D eigenvalue weighted by molar-refractivity contribution is 5.92. The van der Waals surface area contributed by atoms with Crippen molar-refractivity contribution in [3.8, 4) is 0 Å². The summed E-state index contributed by atoms with van der Waals surface area (Å²) in [5.74, 6) is -0.626. The molecule has 0 radical (unpaired) electrons. The van der Waals surface area contributed by atoms with E-state index in [0.29, 0.717) is 13.0 Å². The van der Waals surface area contributed by atoms with Crippen molar-refractivity contribution >= 4 is 11.9 Å². The Hall–Kier alpha value is -2.11. The molecular weight excluding hydrogens is 258 g/mol. The van der Waals surface area contributed by atoms with Gasteiger partial charge < -0.3 is 14.6 Å². The van der Waals surface area contributed by atoms with Gasteiger partial charge in [0.05, 0.1) is 13.4 Å². The summed E-state index contributed by atoms with van der Waals surface area (Å²) in [7, 11) is 1.32. The lowest BCUT2D eigenvalue weighted by Gasteiger charge is -2.27. The minimum absolute atomic E-state index is 0.192. The quantitative estimate of drug-likeness (QED) is 0.629. The van der Waals surface area contributed by atoms with Gasteiger partial charge in [-0.15, -0.1) is 0 Å². The molecule has 110 valence electrons. The van der Waals surface area contributed by atoms with E-state index in [9.17, 15) is 9.59 Å². The smallest absolute Gasteiger partial charge is 0.328 e. The number of esters is 1. The van der Waals surface area contributed by atoms with Gasteiger partial charge in [0.2, 0.25) is 5.91 Å². The van der Waals surface area contributed by atoms with Gasteiger partial charge >= 0.3 is 5.97 Å². The lowest BCUT2D eigenvalue weighted by atomic mass is 10.1. The highest BCUT2D eigenvalue weighted by Gasteiger charge is 2.29. The summed E-state index contributed by atoms with van der Waals surface area (Å²) >= 11 is 0. The minimum Gasteiger partial charge on any atom is -0.467 e. The first kappa shape index (κ1) is 15.9. The van der Waals surface area contributed by atoms with Gasteiger partial charge in [-0.2, -0.15) is 0 Å². The van der Waals surface area contributed by atoms with Crippen LogP contribution in [0.3, 0.4) is 0 Å². The highest BCUT2D eigenvalue weighted by Crippen LogP contribution is 2.10. The highest BCUT2D eigenvalue weighted by atomic mass is 16.5. The molecule has 1 amide bonds. The topological polar surface area (TPSA) is 75.3 Å². The lowest BCUT2D eigenvalue weighted by Crippen LogP contribution is -2.46. The Morgan fingerprint density at radius 2 is 2.20 bits per heavy atom. The number of amides is 1. The Labute approximate surface area is 118 Å². The summed E-state index contributed by atoms with van der Waals surface area (Å²) in [5.41, 5.74) is 1.67. The zero-order valence-electron chi connectivity index (χ0n) is 12.3. The summed E-state index contributed by atoms with van der Waals surface area (Å²) in [6.07, 6.45) is 5.04. The fourth-order valence-electron chi connectivity index (χ4n) is 1.92. The van der Waals surface area contributed by atoms with Crippen LogP contribution in [0.25, 0.3) is 0 Å². The maximum Gasteiger partial charge on any atom is 0.328 e. The van der Waals surface area contributed by atoms with Crippen molar-refractivity contribution in [3.05, 3.63) is 29.9 Å². The number of aromatic amines is 1. The molecule has 0 saturated carbocycles. The number of methoxy groups -OCH3 is 1. The Bertz CT molecular complexity index is 476. The number of hydrogen-bond donors (Lipinski definition) is 1. The van der Waals surface area contributed by atoms with Crippen molar-refractivity contribution in [2.24, 2.45) is 0 Å². The minimum atomic E-state index is -0.659. The number of likely N-dealkylation sites (N-methyl/N-ethyl adjacent to an activating group) is 1. The maximum absolute atomic E-state index is 12.2. The van der Waals surface area contributed by atoms with Crippen LogP contribution in [0.2, 0.25) is 0 Å². The lowest BCUT2D eigenvalue weighted by molar-refractivity contribution is -0.151. The molecule has 0 fully saturated rings. The summed E-state index contributed by atoms with van der Waals surface area (Å²) in [5, 5.41) is 0. The van der Waals surface area contributed by atoms with Gasteiger partial charge in [-0.05, 0) is 20.8 Å². The number of carbonyl (C=O) groups excluding carboxylic acids is 2. The Morgan fingerprint density at radius 3 is 2.65 bits per heavy atom. The molecule has 1 N–H and O–H groups in total. The van der Waals surface area contributed by atoms with Crippen LogP contribution >= 0.6 is 0 Å². The largest absolute Gasteiger partial charge is 0.467 e. The van der Waals surface area contributed by atoms with E-state index in [2.05, 4.69) is 9.97 Å². The number of hydrogen-bond acceptors (Lipinski definition) is 4. The zero-order chi connectivity index (χ0) is 15.1. The monoisotopic (exact) mass is 279 g/mol. The van der Waals surface area contributed by atoms with E-state index in [4.69, 9.17) is 4.74 Å². The number of imidazole rings is 1. The van der Waals surface area contributed by atoms with E-state index < -0.39 is 12.0 Å². The molecule has 0 aromatic carbocycles. The molecule has 0 aliphatic carbocycles. The van der Waals surface area contributed by atoms with Crippen LogP contribution < -0.4 is 0 Å². The van der Waals surface area contributed by atoms with Gasteiger partial charge in [0, 0.05) is 30.9 Å². The molecule has 0 spiro atoms. The van der Waals surface area contributed by atoms with E-state index in [1.165, 1.54) is 24.4 Å². The molecule has 0 bridgehead atoms. The van der Waals surface area contributed by atoms with E-state index in [0.717, 1.165) is 11.3 Å².